The maximum absolute atomic E-state index is 14.8. The highest BCUT2D eigenvalue weighted by Gasteiger charge is 2.35. The van der Waals surface area contributed by atoms with Gasteiger partial charge in [0.25, 0.3) is 0 Å². The molecule has 0 N–H and O–H groups in total. The number of ether oxygens (including phenoxy) is 2. The fourth-order valence-electron chi connectivity index (χ4n) is 7.75. The first-order valence-corrected chi connectivity index (χ1v) is 16.0. The second-order valence-corrected chi connectivity index (χ2v) is 12.7. The Kier molecular flexibility index (Phi) is 10.3. The fourth-order valence-corrected chi connectivity index (χ4v) is 7.75. The second-order valence-electron chi connectivity index (χ2n) is 12.7. The van der Waals surface area contributed by atoms with E-state index >= 15 is 0 Å². The van der Waals surface area contributed by atoms with E-state index in [1.54, 1.807) is 6.07 Å². The molecule has 0 radical (unpaired) electrons. The molecule has 40 heavy (non-hydrogen) atoms. The zero-order valence-electron chi connectivity index (χ0n) is 24.4. The minimum atomic E-state index is -0.919. The van der Waals surface area contributed by atoms with Crippen molar-refractivity contribution in [1.82, 2.24) is 0 Å². The number of hydrogen-bond donors (Lipinski definition) is 0. The molecule has 4 heteroatoms. The first-order valence-electron chi connectivity index (χ1n) is 16.0. The Bertz CT molecular complexity index is 1070. The van der Waals surface area contributed by atoms with E-state index in [1.807, 2.05) is 31.2 Å². The third-order valence-electron chi connectivity index (χ3n) is 10.2. The Labute approximate surface area is 240 Å². The summed E-state index contributed by atoms with van der Waals surface area (Å²) in [6.07, 6.45) is 19.0. The SMILES string of the molecule is C=CCCC1CCC(C2CCC(C3CCC(c4ccc(-c5ccc(OCCC)c(F)c5F)cc4)OC3)CC2)CC1. The summed E-state index contributed by atoms with van der Waals surface area (Å²) in [6.45, 7) is 7.04. The van der Waals surface area contributed by atoms with Crippen LogP contribution in [0.3, 0.4) is 0 Å². The van der Waals surface area contributed by atoms with Crippen LogP contribution in [0, 0.1) is 41.2 Å². The van der Waals surface area contributed by atoms with Gasteiger partial charge in [-0.1, -0.05) is 50.1 Å². The minimum absolute atomic E-state index is 0.0274. The smallest absolute Gasteiger partial charge is 0.201 e. The third-order valence-corrected chi connectivity index (χ3v) is 10.2. The molecule has 1 saturated heterocycles. The van der Waals surface area contributed by atoms with Crippen LogP contribution in [0.4, 0.5) is 8.78 Å². The van der Waals surface area contributed by atoms with Gasteiger partial charge in [-0.05, 0) is 123 Å². The number of allylic oxidation sites excluding steroid dienone is 1. The molecule has 2 atom stereocenters. The average Bonchev–Trinajstić information content (AvgIpc) is 3.01. The topological polar surface area (TPSA) is 18.5 Å². The Balaban J connectivity index is 1.08. The summed E-state index contributed by atoms with van der Waals surface area (Å²) in [5, 5.41) is 0. The Morgan fingerprint density at radius 2 is 1.43 bits per heavy atom. The summed E-state index contributed by atoms with van der Waals surface area (Å²) in [7, 11) is 0. The van der Waals surface area contributed by atoms with Crippen LogP contribution in [0.5, 0.6) is 5.75 Å². The van der Waals surface area contributed by atoms with E-state index in [4.69, 9.17) is 9.47 Å². The van der Waals surface area contributed by atoms with Crippen molar-refractivity contribution in [3.05, 3.63) is 66.3 Å². The summed E-state index contributed by atoms with van der Waals surface area (Å²) in [4.78, 5) is 0. The van der Waals surface area contributed by atoms with Crippen LogP contribution in [0.15, 0.2) is 49.1 Å². The van der Waals surface area contributed by atoms with Gasteiger partial charge in [0.1, 0.15) is 0 Å². The van der Waals surface area contributed by atoms with Crippen LogP contribution < -0.4 is 4.74 Å². The molecule has 1 heterocycles. The summed E-state index contributed by atoms with van der Waals surface area (Å²) in [6, 6.07) is 10.9. The van der Waals surface area contributed by atoms with E-state index in [1.165, 1.54) is 76.7 Å². The van der Waals surface area contributed by atoms with Crippen molar-refractivity contribution >= 4 is 0 Å². The van der Waals surface area contributed by atoms with Crippen LogP contribution in [0.2, 0.25) is 0 Å². The normalized spacial score (nSPS) is 29.2. The molecule has 2 aliphatic carbocycles. The van der Waals surface area contributed by atoms with Gasteiger partial charge in [0.2, 0.25) is 5.82 Å². The molecule has 0 spiro atoms. The molecule has 2 nitrogen and oxygen atoms in total. The molecule has 2 aromatic carbocycles. The van der Waals surface area contributed by atoms with Gasteiger partial charge < -0.3 is 9.47 Å². The van der Waals surface area contributed by atoms with Crippen LogP contribution in [-0.4, -0.2) is 13.2 Å². The first-order chi connectivity index (χ1) is 19.6. The highest BCUT2D eigenvalue weighted by Crippen LogP contribution is 2.46. The number of benzene rings is 2. The van der Waals surface area contributed by atoms with Gasteiger partial charge in [-0.25, -0.2) is 4.39 Å². The molecule has 0 aromatic heterocycles. The number of halogens is 2. The lowest BCUT2D eigenvalue weighted by atomic mass is 9.66. The lowest BCUT2D eigenvalue weighted by Gasteiger charge is -2.41. The summed E-state index contributed by atoms with van der Waals surface area (Å²) < 4.78 is 41.0. The minimum Gasteiger partial charge on any atom is -0.490 e. The van der Waals surface area contributed by atoms with Crippen LogP contribution >= 0.6 is 0 Å². The summed E-state index contributed by atoms with van der Waals surface area (Å²) in [5.74, 6) is 2.54. The average molecular weight is 551 g/mol. The van der Waals surface area contributed by atoms with Crippen molar-refractivity contribution in [2.75, 3.05) is 13.2 Å². The summed E-state index contributed by atoms with van der Waals surface area (Å²) in [5.41, 5.74) is 2.05. The van der Waals surface area contributed by atoms with Crippen molar-refractivity contribution in [3.8, 4) is 16.9 Å². The molecule has 3 aliphatic rings. The highest BCUT2D eigenvalue weighted by atomic mass is 19.2. The third kappa shape index (κ3) is 6.98. The van der Waals surface area contributed by atoms with Gasteiger partial charge in [0.15, 0.2) is 11.6 Å². The molecule has 2 unspecified atom stereocenters. The molecule has 218 valence electrons. The van der Waals surface area contributed by atoms with Crippen LogP contribution in [-0.2, 0) is 4.74 Å². The van der Waals surface area contributed by atoms with E-state index in [2.05, 4.69) is 12.7 Å². The molecule has 1 aliphatic heterocycles. The van der Waals surface area contributed by atoms with Crippen molar-refractivity contribution < 1.29 is 18.3 Å². The maximum Gasteiger partial charge on any atom is 0.201 e. The molecule has 0 amide bonds. The van der Waals surface area contributed by atoms with Crippen molar-refractivity contribution in [2.24, 2.45) is 29.6 Å². The van der Waals surface area contributed by atoms with Crippen molar-refractivity contribution in [3.63, 3.8) is 0 Å². The molecule has 2 saturated carbocycles. The Hall–Kier alpha value is -2.20. The predicted octanol–water partition coefficient (Wildman–Crippen LogP) is 10.5. The zero-order valence-corrected chi connectivity index (χ0v) is 24.4. The standard InChI is InChI=1S/C36H48F2O2/c1-3-5-6-25-7-9-26(10-8-25)27-11-13-28(14-12-27)31-19-21-33(40-24-31)30-17-15-29(16-18-30)32-20-22-34(39-23-4-2)36(38)35(32)37/h3,15-18,20,22,25-28,31,33H,1,4-14,19,21,23-24H2,2H3. The monoisotopic (exact) mass is 550 g/mol. The van der Waals surface area contributed by atoms with Crippen LogP contribution in [0.25, 0.3) is 11.1 Å². The lowest BCUT2D eigenvalue weighted by molar-refractivity contribution is -0.0421. The van der Waals surface area contributed by atoms with Gasteiger partial charge in [-0.15, -0.1) is 6.58 Å². The van der Waals surface area contributed by atoms with Crippen molar-refractivity contribution in [2.45, 2.75) is 96.5 Å². The largest absolute Gasteiger partial charge is 0.490 e. The van der Waals surface area contributed by atoms with E-state index in [-0.39, 0.29) is 17.4 Å². The lowest BCUT2D eigenvalue weighted by Crippen LogP contribution is -2.32. The molecular formula is C36H48F2O2. The van der Waals surface area contributed by atoms with Gasteiger partial charge in [-0.3, -0.25) is 0 Å². The second kappa shape index (κ2) is 14.1. The number of rotatable bonds is 10. The zero-order chi connectivity index (χ0) is 27.9. The fraction of sp³-hybridized carbons (Fsp3) is 0.611. The maximum atomic E-state index is 14.8. The van der Waals surface area contributed by atoms with Gasteiger partial charge >= 0.3 is 0 Å². The summed E-state index contributed by atoms with van der Waals surface area (Å²) >= 11 is 0. The number of hydrogen-bond acceptors (Lipinski definition) is 2. The molecule has 2 aromatic rings. The molecule has 3 fully saturated rings. The van der Waals surface area contributed by atoms with E-state index in [0.29, 0.717) is 18.1 Å². The Morgan fingerprint density at radius 1 is 0.800 bits per heavy atom. The molecule has 5 rings (SSSR count). The van der Waals surface area contributed by atoms with Gasteiger partial charge in [0.05, 0.1) is 19.3 Å². The van der Waals surface area contributed by atoms with Gasteiger partial charge in [-0.2, -0.15) is 4.39 Å². The van der Waals surface area contributed by atoms with E-state index in [9.17, 15) is 8.78 Å². The first kappa shape index (κ1) is 29.3. The van der Waals surface area contributed by atoms with E-state index < -0.39 is 11.6 Å². The molecule has 0 bridgehead atoms. The van der Waals surface area contributed by atoms with Crippen molar-refractivity contribution in [1.29, 1.82) is 0 Å². The van der Waals surface area contributed by atoms with Crippen LogP contribution in [0.1, 0.15) is 102 Å². The van der Waals surface area contributed by atoms with E-state index in [0.717, 1.165) is 48.7 Å². The Morgan fingerprint density at radius 3 is 2.02 bits per heavy atom. The quantitative estimate of drug-likeness (QED) is 0.274. The predicted molar refractivity (Wildman–Crippen MR) is 159 cm³/mol. The molecular weight excluding hydrogens is 502 g/mol. The van der Waals surface area contributed by atoms with Gasteiger partial charge in [0, 0.05) is 5.56 Å². The highest BCUT2D eigenvalue weighted by molar-refractivity contribution is 5.65.